The van der Waals surface area contributed by atoms with Gasteiger partial charge in [-0.2, -0.15) is 0 Å². The zero-order chi connectivity index (χ0) is 18.4. The Morgan fingerprint density at radius 1 is 1.00 bits per heavy atom. The van der Waals surface area contributed by atoms with E-state index in [2.05, 4.69) is 34.3 Å². The molecule has 27 heavy (non-hydrogen) atoms. The summed E-state index contributed by atoms with van der Waals surface area (Å²) in [4.78, 5) is 2.52. The van der Waals surface area contributed by atoms with Gasteiger partial charge in [0.25, 0.3) is 0 Å². The summed E-state index contributed by atoms with van der Waals surface area (Å²) in [6.07, 6.45) is 3.53. The van der Waals surface area contributed by atoms with Crippen molar-refractivity contribution in [1.82, 2.24) is 15.1 Å². The summed E-state index contributed by atoms with van der Waals surface area (Å²) in [5, 5.41) is 9.62. The molecule has 2 fully saturated rings. The molecule has 0 amide bonds. The first-order chi connectivity index (χ1) is 13.2. The Bertz CT molecular complexity index is 924. The smallest absolute Gasteiger partial charge is 0.247 e. The van der Waals surface area contributed by atoms with Crippen molar-refractivity contribution in [2.24, 2.45) is 0 Å². The van der Waals surface area contributed by atoms with Gasteiger partial charge in [-0.25, -0.2) is 0 Å². The largest absolute Gasteiger partial charge is 0.420 e. The van der Waals surface area contributed by atoms with Crippen molar-refractivity contribution in [3.05, 3.63) is 71.1 Å². The van der Waals surface area contributed by atoms with E-state index in [4.69, 9.17) is 16.0 Å². The molecule has 2 aliphatic heterocycles. The quantitative estimate of drug-likeness (QED) is 0.633. The third-order valence-electron chi connectivity index (χ3n) is 6.31. The van der Waals surface area contributed by atoms with E-state index in [0.717, 1.165) is 22.9 Å². The van der Waals surface area contributed by atoms with E-state index in [0.29, 0.717) is 23.9 Å². The van der Waals surface area contributed by atoms with Gasteiger partial charge in [-0.15, -0.1) is 10.2 Å². The van der Waals surface area contributed by atoms with Crippen molar-refractivity contribution in [3.8, 4) is 11.5 Å². The standard InChI is InChI=1S/C22H22ClN3O/c1-26-17-11-12-19(26)20(18(13-17)14-7-9-16(23)10-8-14)22-25-24-21(27-22)15-5-3-2-4-6-15/h2-10,17-20H,11-13H2,1H3/t17?,18-,19?,20+/m1/s1. The van der Waals surface area contributed by atoms with Crippen LogP contribution < -0.4 is 0 Å². The first kappa shape index (κ1) is 17.0. The Kier molecular flexibility index (Phi) is 4.25. The van der Waals surface area contributed by atoms with E-state index in [1.807, 2.05) is 42.5 Å². The Labute approximate surface area is 164 Å². The summed E-state index contributed by atoms with van der Waals surface area (Å²) < 4.78 is 6.21. The number of halogens is 1. The highest BCUT2D eigenvalue weighted by Gasteiger charge is 2.48. The lowest BCUT2D eigenvalue weighted by molar-refractivity contribution is 0.124. The van der Waals surface area contributed by atoms with Gasteiger partial charge in [0.1, 0.15) is 0 Å². The van der Waals surface area contributed by atoms with Crippen LogP contribution >= 0.6 is 11.6 Å². The normalized spacial score (nSPS) is 27.8. The molecule has 2 aliphatic rings. The highest BCUT2D eigenvalue weighted by Crippen LogP contribution is 2.50. The maximum Gasteiger partial charge on any atom is 0.247 e. The zero-order valence-corrected chi connectivity index (χ0v) is 16.0. The molecule has 2 saturated heterocycles. The fraction of sp³-hybridized carbons (Fsp3) is 0.364. The lowest BCUT2D eigenvalue weighted by Crippen LogP contribution is -2.44. The molecular formula is C22H22ClN3O. The summed E-state index contributed by atoms with van der Waals surface area (Å²) in [6, 6.07) is 19.3. The van der Waals surface area contributed by atoms with Crippen molar-refractivity contribution in [3.63, 3.8) is 0 Å². The van der Waals surface area contributed by atoms with Crippen LogP contribution in [-0.4, -0.2) is 34.2 Å². The maximum absolute atomic E-state index is 6.21. The number of benzene rings is 2. The second-order valence-corrected chi connectivity index (χ2v) is 8.13. The van der Waals surface area contributed by atoms with Crippen LogP contribution in [-0.2, 0) is 0 Å². The summed E-state index contributed by atoms with van der Waals surface area (Å²) in [5.41, 5.74) is 2.28. The van der Waals surface area contributed by atoms with Crippen LogP contribution in [0.25, 0.3) is 11.5 Å². The molecule has 0 N–H and O–H groups in total. The Morgan fingerprint density at radius 2 is 1.78 bits per heavy atom. The predicted octanol–water partition coefficient (Wildman–Crippen LogP) is 5.12. The van der Waals surface area contributed by atoms with E-state index < -0.39 is 0 Å². The van der Waals surface area contributed by atoms with Gasteiger partial charge in [0.2, 0.25) is 11.8 Å². The Morgan fingerprint density at radius 3 is 2.56 bits per heavy atom. The van der Waals surface area contributed by atoms with Gasteiger partial charge in [-0.3, -0.25) is 4.90 Å². The molecule has 1 aromatic heterocycles. The molecule has 0 radical (unpaired) electrons. The van der Waals surface area contributed by atoms with Gasteiger partial charge < -0.3 is 4.42 Å². The van der Waals surface area contributed by atoms with Gasteiger partial charge in [-0.05, 0) is 62.1 Å². The molecule has 4 atom stereocenters. The molecule has 0 spiro atoms. The second kappa shape index (κ2) is 6.77. The highest BCUT2D eigenvalue weighted by atomic mass is 35.5. The Balaban J connectivity index is 1.54. The SMILES string of the molecule is CN1C2CCC1[C@@H](c1nnc(-c3ccccc3)o1)[C@@H](c1ccc(Cl)cc1)C2. The third-order valence-corrected chi connectivity index (χ3v) is 6.57. The molecule has 0 saturated carbocycles. The fourth-order valence-corrected chi connectivity index (χ4v) is 5.05. The van der Waals surface area contributed by atoms with Crippen molar-refractivity contribution >= 4 is 11.6 Å². The second-order valence-electron chi connectivity index (χ2n) is 7.69. The molecule has 2 unspecified atom stereocenters. The van der Waals surface area contributed by atoms with E-state index in [1.54, 1.807) is 0 Å². The van der Waals surface area contributed by atoms with Gasteiger partial charge in [0, 0.05) is 22.7 Å². The van der Waals surface area contributed by atoms with Crippen LogP contribution in [0, 0.1) is 0 Å². The van der Waals surface area contributed by atoms with E-state index >= 15 is 0 Å². The third kappa shape index (κ3) is 2.97. The summed E-state index contributed by atoms with van der Waals surface area (Å²) in [7, 11) is 2.24. The summed E-state index contributed by atoms with van der Waals surface area (Å²) >= 11 is 6.12. The van der Waals surface area contributed by atoms with Crippen molar-refractivity contribution in [2.45, 2.75) is 43.2 Å². The topological polar surface area (TPSA) is 42.2 Å². The van der Waals surface area contributed by atoms with Crippen LogP contribution in [0.1, 0.15) is 42.6 Å². The summed E-state index contributed by atoms with van der Waals surface area (Å²) in [6.45, 7) is 0. The molecule has 2 aromatic carbocycles. The van der Waals surface area contributed by atoms with Gasteiger partial charge in [0.05, 0.1) is 5.92 Å². The lowest BCUT2D eigenvalue weighted by Gasteiger charge is -2.41. The number of hydrogen-bond acceptors (Lipinski definition) is 4. The lowest BCUT2D eigenvalue weighted by atomic mass is 9.76. The average molecular weight is 380 g/mol. The van der Waals surface area contributed by atoms with E-state index in [1.165, 1.54) is 18.4 Å². The predicted molar refractivity (Wildman–Crippen MR) is 106 cm³/mol. The van der Waals surface area contributed by atoms with E-state index in [9.17, 15) is 0 Å². The Hall–Kier alpha value is -2.17. The molecule has 3 aromatic rings. The van der Waals surface area contributed by atoms with Gasteiger partial charge in [-0.1, -0.05) is 41.9 Å². The number of nitrogens with zero attached hydrogens (tertiary/aromatic N) is 3. The van der Waals surface area contributed by atoms with Crippen LogP contribution in [0.5, 0.6) is 0 Å². The van der Waals surface area contributed by atoms with Gasteiger partial charge >= 0.3 is 0 Å². The minimum absolute atomic E-state index is 0.208. The average Bonchev–Trinajstić information content (AvgIpc) is 3.26. The number of hydrogen-bond donors (Lipinski definition) is 0. The van der Waals surface area contributed by atoms with Crippen molar-refractivity contribution in [2.75, 3.05) is 7.05 Å². The first-order valence-corrected chi connectivity index (χ1v) is 9.95. The first-order valence-electron chi connectivity index (χ1n) is 9.57. The number of rotatable bonds is 3. The fourth-order valence-electron chi connectivity index (χ4n) is 4.92. The molecule has 2 bridgehead atoms. The molecule has 0 aliphatic carbocycles. The number of piperidine rings is 1. The minimum atomic E-state index is 0.208. The zero-order valence-electron chi connectivity index (χ0n) is 15.3. The molecule has 138 valence electrons. The number of likely N-dealkylation sites (N-methyl/N-ethyl adjacent to an activating group) is 1. The van der Waals surface area contributed by atoms with Crippen LogP contribution in [0.3, 0.4) is 0 Å². The minimum Gasteiger partial charge on any atom is -0.420 e. The number of fused-ring (bicyclic) bond motifs is 2. The van der Waals surface area contributed by atoms with Crippen LogP contribution in [0.2, 0.25) is 5.02 Å². The van der Waals surface area contributed by atoms with Gasteiger partial charge in [0.15, 0.2) is 0 Å². The maximum atomic E-state index is 6.21. The molecule has 5 rings (SSSR count). The summed E-state index contributed by atoms with van der Waals surface area (Å²) in [5.74, 6) is 1.94. The molecule has 5 heteroatoms. The van der Waals surface area contributed by atoms with E-state index in [-0.39, 0.29) is 5.92 Å². The molecule has 3 heterocycles. The van der Waals surface area contributed by atoms with Crippen LogP contribution in [0.4, 0.5) is 0 Å². The van der Waals surface area contributed by atoms with Crippen molar-refractivity contribution in [1.29, 1.82) is 0 Å². The number of aromatic nitrogens is 2. The van der Waals surface area contributed by atoms with Crippen molar-refractivity contribution < 1.29 is 4.42 Å². The molecule has 4 nitrogen and oxygen atoms in total. The van der Waals surface area contributed by atoms with Crippen LogP contribution in [0.15, 0.2) is 59.0 Å². The molecular weight excluding hydrogens is 358 g/mol. The monoisotopic (exact) mass is 379 g/mol. The highest BCUT2D eigenvalue weighted by molar-refractivity contribution is 6.30.